The van der Waals surface area contributed by atoms with E-state index >= 15 is 0 Å². The van der Waals surface area contributed by atoms with Crippen LogP contribution < -0.4 is 9.80 Å². The molecule has 144 valence electrons. The fourth-order valence-electron chi connectivity index (χ4n) is 4.13. The molecule has 1 aliphatic heterocycles. The van der Waals surface area contributed by atoms with Crippen molar-refractivity contribution in [1.29, 1.82) is 0 Å². The highest BCUT2D eigenvalue weighted by molar-refractivity contribution is 6.10. The first-order valence-corrected chi connectivity index (χ1v) is 9.12. The largest absolute Gasteiger partial charge is 0.435 e. The van der Waals surface area contributed by atoms with Crippen molar-refractivity contribution in [1.82, 2.24) is 4.98 Å². The van der Waals surface area contributed by atoms with E-state index in [-0.39, 0.29) is 11.9 Å². The first kappa shape index (κ1) is 17.4. The van der Waals surface area contributed by atoms with E-state index in [1.165, 1.54) is 6.07 Å². The number of hydrogen-bond acceptors (Lipinski definition) is 4. The average Bonchev–Trinajstić information content (AvgIpc) is 3.18. The first-order valence-electron chi connectivity index (χ1n) is 9.12. The number of nitrogens with zero attached hydrogens (tertiary/aromatic N) is 4. The van der Waals surface area contributed by atoms with Gasteiger partial charge in [0.1, 0.15) is 12.0 Å². The monoisotopic (exact) mass is 390 g/mol. The Labute approximate surface area is 165 Å². The fraction of sp³-hybridized carbons (Fsp3) is 0.182. The molecule has 0 fully saturated rings. The summed E-state index contributed by atoms with van der Waals surface area (Å²) >= 11 is 0. The number of aryl methyl sites for hydroxylation is 1. The molecule has 29 heavy (non-hydrogen) atoms. The number of halogens is 2. The SMILES string of the molecule is [C-]#[N+]c1c(F)cc2c(c1F)N(C)[C@H](C)N2c1c(C)ccc2c1oc1ncccc12. The second-order valence-electron chi connectivity index (χ2n) is 7.18. The zero-order valence-electron chi connectivity index (χ0n) is 16.0. The van der Waals surface area contributed by atoms with E-state index in [1.807, 2.05) is 43.0 Å². The maximum Gasteiger partial charge on any atom is 0.259 e. The van der Waals surface area contributed by atoms with Crippen molar-refractivity contribution in [2.75, 3.05) is 16.8 Å². The minimum absolute atomic E-state index is 0.204. The molecule has 0 bridgehead atoms. The molecular formula is C22H16F2N4O. The summed E-state index contributed by atoms with van der Waals surface area (Å²) in [6, 6.07) is 8.93. The molecule has 0 saturated heterocycles. The summed E-state index contributed by atoms with van der Waals surface area (Å²) < 4.78 is 35.5. The minimum Gasteiger partial charge on any atom is -0.435 e. The topological polar surface area (TPSA) is 36.9 Å². The third-order valence-corrected chi connectivity index (χ3v) is 5.64. The minimum atomic E-state index is -0.875. The standard InChI is InChI=1S/C22H16F2N4O/c1-11-7-8-13-14-6-5-9-26-22(14)29-21(13)19(11)28-12(2)27(4)20-16(28)10-15(23)18(25-3)17(20)24/h5-10,12H,1-2,4H3/t12-/m0/s1. The van der Waals surface area contributed by atoms with E-state index in [0.717, 1.165) is 22.0 Å². The quantitative estimate of drug-likeness (QED) is 0.371. The number of furan rings is 1. The Hall–Kier alpha value is -3.66. The Kier molecular flexibility index (Phi) is 3.56. The van der Waals surface area contributed by atoms with Crippen LogP contribution in [0.15, 0.2) is 40.9 Å². The molecule has 0 N–H and O–H groups in total. The van der Waals surface area contributed by atoms with Crippen LogP contribution in [0, 0.1) is 25.1 Å². The van der Waals surface area contributed by atoms with Gasteiger partial charge in [-0.3, -0.25) is 0 Å². The zero-order chi connectivity index (χ0) is 20.4. The van der Waals surface area contributed by atoms with Gasteiger partial charge in [0, 0.05) is 24.0 Å². The lowest BCUT2D eigenvalue weighted by Crippen LogP contribution is -2.36. The van der Waals surface area contributed by atoms with Crippen LogP contribution in [0.5, 0.6) is 0 Å². The predicted molar refractivity (Wildman–Crippen MR) is 109 cm³/mol. The lowest BCUT2D eigenvalue weighted by atomic mass is 10.1. The number of anilines is 3. The summed E-state index contributed by atoms with van der Waals surface area (Å²) in [5.74, 6) is -1.72. The molecule has 0 saturated carbocycles. The smallest absolute Gasteiger partial charge is 0.259 e. The molecular weight excluding hydrogens is 374 g/mol. The molecule has 0 unspecified atom stereocenters. The van der Waals surface area contributed by atoms with Gasteiger partial charge in [-0.15, -0.1) is 0 Å². The normalized spacial score (nSPS) is 15.9. The second-order valence-corrected chi connectivity index (χ2v) is 7.18. The van der Waals surface area contributed by atoms with E-state index < -0.39 is 17.3 Å². The number of benzene rings is 2. The van der Waals surface area contributed by atoms with Crippen molar-refractivity contribution in [2.24, 2.45) is 0 Å². The third kappa shape index (κ3) is 2.20. The van der Waals surface area contributed by atoms with Crippen LogP contribution >= 0.6 is 0 Å². The number of pyridine rings is 1. The predicted octanol–water partition coefficient (Wildman–Crippen LogP) is 6.05. The van der Waals surface area contributed by atoms with Crippen molar-refractivity contribution >= 4 is 44.8 Å². The molecule has 0 spiro atoms. The van der Waals surface area contributed by atoms with Crippen LogP contribution in [0.2, 0.25) is 0 Å². The Balaban J connectivity index is 1.85. The van der Waals surface area contributed by atoms with Crippen LogP contribution in [0.4, 0.5) is 31.5 Å². The number of rotatable bonds is 1. The Morgan fingerprint density at radius 2 is 1.97 bits per heavy atom. The van der Waals surface area contributed by atoms with Gasteiger partial charge in [-0.05, 0) is 37.6 Å². The molecule has 0 amide bonds. The summed E-state index contributed by atoms with van der Waals surface area (Å²) in [5, 5.41) is 1.76. The van der Waals surface area contributed by atoms with Gasteiger partial charge in [0.2, 0.25) is 5.71 Å². The van der Waals surface area contributed by atoms with Gasteiger partial charge < -0.3 is 14.2 Å². The molecule has 4 aromatic rings. The maximum absolute atomic E-state index is 15.0. The van der Waals surface area contributed by atoms with Crippen molar-refractivity contribution < 1.29 is 13.2 Å². The van der Waals surface area contributed by atoms with Crippen molar-refractivity contribution in [2.45, 2.75) is 20.0 Å². The number of hydrogen-bond donors (Lipinski definition) is 0. The van der Waals surface area contributed by atoms with Gasteiger partial charge in [-0.2, -0.15) is 0 Å². The van der Waals surface area contributed by atoms with Crippen molar-refractivity contribution in [3.63, 3.8) is 0 Å². The highest BCUT2D eigenvalue weighted by atomic mass is 19.1. The lowest BCUT2D eigenvalue weighted by molar-refractivity contribution is 0.594. The molecule has 2 aromatic heterocycles. The Morgan fingerprint density at radius 1 is 1.17 bits per heavy atom. The molecule has 5 rings (SSSR count). The van der Waals surface area contributed by atoms with E-state index in [2.05, 4.69) is 9.83 Å². The summed E-state index contributed by atoms with van der Waals surface area (Å²) in [6.45, 7) is 10.9. The number of aromatic nitrogens is 1. The molecule has 1 atom stereocenters. The van der Waals surface area contributed by atoms with Crippen LogP contribution in [0.3, 0.4) is 0 Å². The third-order valence-electron chi connectivity index (χ3n) is 5.64. The summed E-state index contributed by atoms with van der Waals surface area (Å²) in [6.07, 6.45) is 1.35. The van der Waals surface area contributed by atoms with Crippen LogP contribution in [0.25, 0.3) is 26.9 Å². The lowest BCUT2D eigenvalue weighted by Gasteiger charge is -2.29. The van der Waals surface area contributed by atoms with Crippen LogP contribution in [-0.2, 0) is 0 Å². The van der Waals surface area contributed by atoms with E-state index in [0.29, 0.717) is 17.0 Å². The van der Waals surface area contributed by atoms with Gasteiger partial charge in [-0.25, -0.2) is 18.6 Å². The molecule has 1 aliphatic rings. The molecule has 5 nitrogen and oxygen atoms in total. The zero-order valence-corrected chi connectivity index (χ0v) is 16.0. The molecule has 0 radical (unpaired) electrons. The summed E-state index contributed by atoms with van der Waals surface area (Å²) in [4.78, 5) is 10.9. The van der Waals surface area contributed by atoms with E-state index in [1.54, 1.807) is 18.1 Å². The molecule has 0 aliphatic carbocycles. The van der Waals surface area contributed by atoms with Crippen LogP contribution in [0.1, 0.15) is 12.5 Å². The van der Waals surface area contributed by atoms with Crippen molar-refractivity contribution in [3.8, 4) is 0 Å². The average molecular weight is 390 g/mol. The highest BCUT2D eigenvalue weighted by Crippen LogP contribution is 2.51. The molecule has 3 heterocycles. The Bertz CT molecular complexity index is 1350. The van der Waals surface area contributed by atoms with Gasteiger partial charge in [0.15, 0.2) is 11.4 Å². The summed E-state index contributed by atoms with van der Waals surface area (Å²) in [5.41, 5.74) is 2.74. The maximum atomic E-state index is 15.0. The molecule has 2 aromatic carbocycles. The van der Waals surface area contributed by atoms with Gasteiger partial charge in [-0.1, -0.05) is 12.1 Å². The van der Waals surface area contributed by atoms with Crippen molar-refractivity contribution in [3.05, 3.63) is 65.1 Å². The van der Waals surface area contributed by atoms with Gasteiger partial charge in [0.05, 0.1) is 23.6 Å². The second kappa shape index (κ2) is 5.92. The first-order chi connectivity index (χ1) is 13.9. The van der Waals surface area contributed by atoms with Gasteiger partial charge >= 0.3 is 0 Å². The molecule has 7 heteroatoms. The highest BCUT2D eigenvalue weighted by Gasteiger charge is 2.38. The Morgan fingerprint density at radius 3 is 2.72 bits per heavy atom. The fourth-order valence-corrected chi connectivity index (χ4v) is 4.13. The summed E-state index contributed by atoms with van der Waals surface area (Å²) in [7, 11) is 1.73. The van der Waals surface area contributed by atoms with Crippen LogP contribution in [-0.4, -0.2) is 18.2 Å². The van der Waals surface area contributed by atoms with E-state index in [9.17, 15) is 8.78 Å². The number of fused-ring (bicyclic) bond motifs is 4. The van der Waals surface area contributed by atoms with E-state index in [4.69, 9.17) is 11.0 Å². The van der Waals surface area contributed by atoms with Gasteiger partial charge in [0.25, 0.3) is 5.69 Å².